The van der Waals surface area contributed by atoms with E-state index in [0.717, 1.165) is 0 Å². The van der Waals surface area contributed by atoms with Crippen molar-refractivity contribution < 1.29 is 8.78 Å². The first-order valence-corrected chi connectivity index (χ1v) is 4.43. The second kappa shape index (κ2) is 3.63. The minimum absolute atomic E-state index is 0.189. The molecule has 0 fully saturated rings. The van der Waals surface area contributed by atoms with Crippen LogP contribution in [0.1, 0.15) is 5.56 Å². The molecule has 1 aromatic rings. The number of alkyl halides is 1. The molecule has 1 aromatic carbocycles. The molecule has 0 aliphatic heterocycles. The molecule has 0 bridgehead atoms. The Morgan fingerprint density at radius 1 is 1.27 bits per heavy atom. The lowest BCUT2D eigenvalue weighted by Crippen LogP contribution is -1.86. The van der Waals surface area contributed by atoms with Gasteiger partial charge in [0.15, 0.2) is 5.82 Å². The fourth-order valence-corrected chi connectivity index (χ4v) is 1.72. The van der Waals surface area contributed by atoms with E-state index in [0.29, 0.717) is 10.0 Å². The van der Waals surface area contributed by atoms with Gasteiger partial charge in [0.05, 0.1) is 8.95 Å². The monoisotopic (exact) mass is 284 g/mol. The van der Waals surface area contributed by atoms with Crippen LogP contribution >= 0.6 is 31.9 Å². The van der Waals surface area contributed by atoms with Gasteiger partial charge in [0.2, 0.25) is 0 Å². The first-order chi connectivity index (χ1) is 5.16. The van der Waals surface area contributed by atoms with Crippen LogP contribution in [0, 0.1) is 5.82 Å². The maximum atomic E-state index is 12.9. The van der Waals surface area contributed by atoms with Crippen LogP contribution in [0.3, 0.4) is 0 Å². The molecule has 0 nitrogen and oxygen atoms in total. The predicted molar refractivity (Wildman–Crippen MR) is 46.6 cm³/mol. The second-order valence-electron chi connectivity index (χ2n) is 1.97. The van der Waals surface area contributed by atoms with Crippen LogP contribution in [-0.4, -0.2) is 0 Å². The van der Waals surface area contributed by atoms with Crippen molar-refractivity contribution in [3.63, 3.8) is 0 Å². The van der Waals surface area contributed by atoms with E-state index in [1.54, 1.807) is 0 Å². The quantitative estimate of drug-likeness (QED) is 0.688. The number of rotatable bonds is 1. The Kier molecular flexibility index (Phi) is 3.01. The second-order valence-corrected chi connectivity index (χ2v) is 3.62. The van der Waals surface area contributed by atoms with E-state index in [2.05, 4.69) is 31.9 Å². The smallest absolute Gasteiger partial charge is 0.151 e. The predicted octanol–water partition coefficient (Wildman–Crippen LogP) is 3.82. The summed E-state index contributed by atoms with van der Waals surface area (Å²) in [5.41, 5.74) is 0.325. The van der Waals surface area contributed by atoms with Gasteiger partial charge in [-0.05, 0) is 37.9 Å². The summed E-state index contributed by atoms with van der Waals surface area (Å²) in [6, 6.07) is 3.01. The highest BCUT2D eigenvalue weighted by atomic mass is 79.9. The number of hydrogen-bond acceptors (Lipinski definition) is 0. The van der Waals surface area contributed by atoms with Crippen LogP contribution in [0.15, 0.2) is 21.1 Å². The third-order valence-corrected chi connectivity index (χ3v) is 2.73. The van der Waals surface area contributed by atoms with Crippen LogP contribution in [-0.2, 0) is 6.67 Å². The summed E-state index contributed by atoms with van der Waals surface area (Å²) in [4.78, 5) is 0. The zero-order chi connectivity index (χ0) is 8.43. The molecule has 0 aromatic heterocycles. The third-order valence-electron chi connectivity index (χ3n) is 1.26. The Hall–Kier alpha value is 0.0400. The molecule has 0 atom stereocenters. The van der Waals surface area contributed by atoms with Crippen molar-refractivity contribution in [1.82, 2.24) is 0 Å². The van der Waals surface area contributed by atoms with E-state index < -0.39 is 12.5 Å². The van der Waals surface area contributed by atoms with Gasteiger partial charge in [-0.15, -0.1) is 0 Å². The van der Waals surface area contributed by atoms with E-state index in [4.69, 9.17) is 0 Å². The van der Waals surface area contributed by atoms with Gasteiger partial charge in [0, 0.05) is 5.56 Å². The van der Waals surface area contributed by atoms with Crippen LogP contribution in [0.5, 0.6) is 0 Å². The number of benzene rings is 1. The summed E-state index contributed by atoms with van der Waals surface area (Å²) in [6.07, 6.45) is 0. The van der Waals surface area contributed by atoms with Gasteiger partial charge in [-0.3, -0.25) is 0 Å². The Labute approximate surface area is 79.9 Å². The van der Waals surface area contributed by atoms with Crippen molar-refractivity contribution >= 4 is 31.9 Å². The van der Waals surface area contributed by atoms with E-state index in [9.17, 15) is 8.78 Å². The highest BCUT2D eigenvalue weighted by Gasteiger charge is 2.08. The van der Waals surface area contributed by atoms with Crippen LogP contribution in [0.25, 0.3) is 0 Å². The fraction of sp³-hybridized carbons (Fsp3) is 0.143. The van der Waals surface area contributed by atoms with Gasteiger partial charge >= 0.3 is 0 Å². The van der Waals surface area contributed by atoms with Crippen molar-refractivity contribution in [3.05, 3.63) is 32.5 Å². The van der Waals surface area contributed by atoms with E-state index in [1.165, 1.54) is 12.1 Å². The molecule has 1 rings (SSSR count). The highest BCUT2D eigenvalue weighted by Crippen LogP contribution is 2.27. The van der Waals surface area contributed by atoms with Gasteiger partial charge in [-0.25, -0.2) is 8.78 Å². The molecule has 11 heavy (non-hydrogen) atoms. The minimum atomic E-state index is -0.662. The average molecular weight is 286 g/mol. The van der Waals surface area contributed by atoms with E-state index >= 15 is 0 Å². The fourth-order valence-electron chi connectivity index (χ4n) is 0.669. The first-order valence-electron chi connectivity index (χ1n) is 2.85. The van der Waals surface area contributed by atoms with Crippen molar-refractivity contribution in [2.75, 3.05) is 0 Å². The highest BCUT2D eigenvalue weighted by molar-refractivity contribution is 9.11. The van der Waals surface area contributed by atoms with Gasteiger partial charge in [0.1, 0.15) is 6.67 Å². The Balaban J connectivity index is 3.25. The lowest BCUT2D eigenvalue weighted by Gasteiger charge is -2.01. The Morgan fingerprint density at radius 3 is 2.45 bits per heavy atom. The molecule has 0 saturated heterocycles. The van der Waals surface area contributed by atoms with Gasteiger partial charge < -0.3 is 0 Å². The Morgan fingerprint density at radius 2 is 1.91 bits per heavy atom. The molecular weight excluding hydrogens is 282 g/mol. The van der Waals surface area contributed by atoms with Gasteiger partial charge in [0.25, 0.3) is 0 Å². The van der Waals surface area contributed by atoms with Crippen molar-refractivity contribution in [3.8, 4) is 0 Å². The van der Waals surface area contributed by atoms with Crippen LogP contribution in [0.4, 0.5) is 8.78 Å². The lowest BCUT2D eigenvalue weighted by molar-refractivity contribution is 0.480. The first kappa shape index (κ1) is 9.13. The SMILES string of the molecule is FCc1ccc(Br)c(F)c1Br. The normalized spacial score (nSPS) is 10.2. The number of hydrogen-bond donors (Lipinski definition) is 0. The van der Waals surface area contributed by atoms with Crippen molar-refractivity contribution in [1.29, 1.82) is 0 Å². The largest absolute Gasteiger partial charge is 0.246 e. The van der Waals surface area contributed by atoms with Crippen LogP contribution < -0.4 is 0 Å². The molecule has 0 amide bonds. The lowest BCUT2D eigenvalue weighted by atomic mass is 10.2. The molecule has 0 saturated carbocycles. The van der Waals surface area contributed by atoms with Crippen LogP contribution in [0.2, 0.25) is 0 Å². The molecule has 0 N–H and O–H groups in total. The van der Waals surface area contributed by atoms with Crippen molar-refractivity contribution in [2.45, 2.75) is 6.67 Å². The Bertz CT molecular complexity index is 273. The molecule has 0 heterocycles. The molecule has 0 radical (unpaired) electrons. The minimum Gasteiger partial charge on any atom is -0.246 e. The van der Waals surface area contributed by atoms with Crippen molar-refractivity contribution in [2.24, 2.45) is 0 Å². The standard InChI is InChI=1S/C7H4Br2F2/c8-5-2-1-4(3-10)6(9)7(5)11/h1-2H,3H2. The summed E-state index contributed by atoms with van der Waals surface area (Å²) in [7, 11) is 0. The zero-order valence-corrected chi connectivity index (χ0v) is 8.55. The maximum Gasteiger partial charge on any atom is 0.151 e. The van der Waals surface area contributed by atoms with E-state index in [1.807, 2.05) is 0 Å². The molecule has 60 valence electrons. The third kappa shape index (κ3) is 1.79. The van der Waals surface area contributed by atoms with E-state index in [-0.39, 0.29) is 4.47 Å². The summed E-state index contributed by atoms with van der Waals surface area (Å²) >= 11 is 5.93. The number of halogens is 4. The zero-order valence-electron chi connectivity index (χ0n) is 5.37. The average Bonchev–Trinajstić information content (AvgIpc) is 2.01. The molecule has 4 heteroatoms. The molecule has 0 spiro atoms. The maximum absolute atomic E-state index is 12.9. The molecule has 0 aliphatic rings. The van der Waals surface area contributed by atoms with Gasteiger partial charge in [-0.1, -0.05) is 6.07 Å². The topological polar surface area (TPSA) is 0 Å². The molecule has 0 unspecified atom stereocenters. The summed E-state index contributed by atoms with van der Waals surface area (Å²) < 4.78 is 25.5. The summed E-state index contributed by atoms with van der Waals surface area (Å²) in [5.74, 6) is -0.458. The van der Waals surface area contributed by atoms with Gasteiger partial charge in [-0.2, -0.15) is 0 Å². The summed E-state index contributed by atoms with van der Waals surface area (Å²) in [5, 5.41) is 0. The molecule has 0 aliphatic carbocycles. The summed E-state index contributed by atoms with van der Waals surface area (Å²) in [6.45, 7) is -0.662. The molecular formula is C7H4Br2F2.